The van der Waals surface area contributed by atoms with Crippen LogP contribution in [-0.4, -0.2) is 35.0 Å². The molecule has 1 saturated carbocycles. The van der Waals surface area contributed by atoms with E-state index in [1.807, 2.05) is 11.8 Å². The van der Waals surface area contributed by atoms with Gasteiger partial charge in [0.25, 0.3) is 0 Å². The minimum absolute atomic E-state index is 0.00120. The maximum Gasteiger partial charge on any atom is 0.155 e. The second kappa shape index (κ2) is 5.38. The van der Waals surface area contributed by atoms with E-state index < -0.39 is 5.54 Å². The summed E-state index contributed by atoms with van der Waals surface area (Å²) in [7, 11) is 0. The smallest absolute Gasteiger partial charge is 0.155 e. The first-order chi connectivity index (χ1) is 9.14. The molecule has 4 heteroatoms. The van der Waals surface area contributed by atoms with Gasteiger partial charge in [-0.2, -0.15) is 11.8 Å². The zero-order valence-corrected chi connectivity index (χ0v) is 12.5. The number of thioether (sulfide) groups is 1. The molecule has 0 aromatic heterocycles. The van der Waals surface area contributed by atoms with Crippen molar-refractivity contribution in [2.24, 2.45) is 11.7 Å². The molecule has 0 amide bonds. The highest BCUT2D eigenvalue weighted by Crippen LogP contribution is 2.42. The number of hydrogen-bond acceptors (Lipinski definition) is 4. The van der Waals surface area contributed by atoms with Gasteiger partial charge in [0.2, 0.25) is 0 Å². The van der Waals surface area contributed by atoms with Crippen LogP contribution in [0.1, 0.15) is 51.4 Å². The van der Waals surface area contributed by atoms with Gasteiger partial charge in [-0.25, -0.2) is 0 Å². The quantitative estimate of drug-likeness (QED) is 0.846. The third kappa shape index (κ3) is 2.72. The summed E-state index contributed by atoms with van der Waals surface area (Å²) in [6.45, 7) is 0.747. The monoisotopic (exact) mass is 283 g/mol. The number of carbonyl (C=O) groups is 1. The molecule has 3 aliphatic rings. The Morgan fingerprint density at radius 3 is 2.53 bits per heavy atom. The molecule has 2 heterocycles. The normalized spacial score (nSPS) is 33.4. The Kier molecular flexibility index (Phi) is 3.93. The fraction of sp³-hybridized carbons (Fsp3) is 0.933. The summed E-state index contributed by atoms with van der Waals surface area (Å²) < 4.78 is 6.08. The molecule has 19 heavy (non-hydrogen) atoms. The topological polar surface area (TPSA) is 52.3 Å². The summed E-state index contributed by atoms with van der Waals surface area (Å²) in [5.41, 5.74) is 5.85. The van der Waals surface area contributed by atoms with E-state index in [1.54, 1.807) is 0 Å². The number of Topliss-reactive ketones (excluding diaryl/α,β-unsaturated/α-hetero) is 1. The highest BCUT2D eigenvalue weighted by molar-refractivity contribution is 7.99. The van der Waals surface area contributed by atoms with Crippen molar-refractivity contribution >= 4 is 17.5 Å². The van der Waals surface area contributed by atoms with E-state index in [4.69, 9.17) is 10.5 Å². The van der Waals surface area contributed by atoms with Gasteiger partial charge >= 0.3 is 0 Å². The summed E-state index contributed by atoms with van der Waals surface area (Å²) in [6.07, 6.45) is 8.05. The SMILES string of the molecule is NC1(C(=O)C2CCOC3(CCSCC3)C2)CCCC1. The average molecular weight is 283 g/mol. The van der Waals surface area contributed by atoms with E-state index in [1.165, 1.54) is 11.5 Å². The lowest BCUT2D eigenvalue weighted by Crippen LogP contribution is -2.53. The van der Waals surface area contributed by atoms with Crippen LogP contribution in [-0.2, 0) is 9.53 Å². The Morgan fingerprint density at radius 2 is 1.84 bits per heavy atom. The number of ketones is 1. The van der Waals surface area contributed by atoms with Crippen molar-refractivity contribution in [3.63, 3.8) is 0 Å². The zero-order chi connectivity index (χ0) is 13.3. The number of nitrogens with two attached hydrogens (primary N) is 1. The Morgan fingerprint density at radius 1 is 1.16 bits per heavy atom. The Labute approximate surface area is 120 Å². The molecule has 1 unspecified atom stereocenters. The maximum atomic E-state index is 12.8. The first-order valence-corrected chi connectivity index (χ1v) is 8.84. The van der Waals surface area contributed by atoms with Crippen LogP contribution in [0.4, 0.5) is 0 Å². The lowest BCUT2D eigenvalue weighted by atomic mass is 9.75. The van der Waals surface area contributed by atoms with Crippen LogP contribution in [0.15, 0.2) is 0 Å². The van der Waals surface area contributed by atoms with Crippen LogP contribution in [0.25, 0.3) is 0 Å². The largest absolute Gasteiger partial charge is 0.375 e. The molecule has 2 aliphatic heterocycles. The molecule has 0 radical (unpaired) electrons. The standard InChI is InChI=1S/C15H25NO2S/c16-15(4-1-2-5-15)13(17)12-3-8-18-14(11-12)6-9-19-10-7-14/h12H,1-11,16H2. The van der Waals surface area contributed by atoms with Crippen molar-refractivity contribution in [1.82, 2.24) is 0 Å². The molecule has 0 bridgehead atoms. The molecule has 2 N–H and O–H groups in total. The molecule has 3 rings (SSSR count). The van der Waals surface area contributed by atoms with Crippen molar-refractivity contribution in [2.75, 3.05) is 18.1 Å². The van der Waals surface area contributed by atoms with Crippen LogP contribution in [0.5, 0.6) is 0 Å². The lowest BCUT2D eigenvalue weighted by molar-refractivity contribution is -0.143. The molecule has 0 aromatic rings. The Hall–Kier alpha value is -0.0600. The van der Waals surface area contributed by atoms with Gasteiger partial charge in [0.1, 0.15) is 0 Å². The predicted molar refractivity (Wildman–Crippen MR) is 78.4 cm³/mol. The van der Waals surface area contributed by atoms with Gasteiger partial charge in [-0.05, 0) is 50.0 Å². The fourth-order valence-electron chi connectivity index (χ4n) is 4.00. The summed E-state index contributed by atoms with van der Waals surface area (Å²) in [5, 5.41) is 0. The van der Waals surface area contributed by atoms with Gasteiger partial charge in [0.15, 0.2) is 5.78 Å². The minimum atomic E-state index is -0.507. The predicted octanol–water partition coefficient (Wildman–Crippen LogP) is 2.52. The summed E-state index contributed by atoms with van der Waals surface area (Å²) in [6, 6.07) is 0. The van der Waals surface area contributed by atoms with Gasteiger partial charge in [-0.3, -0.25) is 4.79 Å². The first-order valence-electron chi connectivity index (χ1n) is 7.69. The van der Waals surface area contributed by atoms with Crippen molar-refractivity contribution in [1.29, 1.82) is 0 Å². The maximum absolute atomic E-state index is 12.8. The van der Waals surface area contributed by atoms with Crippen molar-refractivity contribution in [3.05, 3.63) is 0 Å². The molecule has 1 atom stereocenters. The van der Waals surface area contributed by atoms with Crippen molar-refractivity contribution < 1.29 is 9.53 Å². The summed E-state index contributed by atoms with van der Waals surface area (Å²) >= 11 is 2.01. The molecule has 3 fully saturated rings. The second-order valence-corrected chi connectivity index (χ2v) is 7.79. The van der Waals surface area contributed by atoms with Gasteiger partial charge < -0.3 is 10.5 Å². The van der Waals surface area contributed by atoms with Gasteiger partial charge in [-0.15, -0.1) is 0 Å². The number of ether oxygens (including phenoxy) is 1. The Balaban J connectivity index is 1.69. The zero-order valence-electron chi connectivity index (χ0n) is 11.7. The average Bonchev–Trinajstić information content (AvgIpc) is 2.87. The van der Waals surface area contributed by atoms with E-state index >= 15 is 0 Å². The third-order valence-electron chi connectivity index (χ3n) is 5.25. The summed E-state index contributed by atoms with van der Waals surface area (Å²) in [5.74, 6) is 2.84. The molecule has 2 saturated heterocycles. The van der Waals surface area contributed by atoms with Crippen molar-refractivity contribution in [3.8, 4) is 0 Å². The molecule has 3 nitrogen and oxygen atoms in total. The highest BCUT2D eigenvalue weighted by atomic mass is 32.2. The number of carbonyl (C=O) groups excluding carboxylic acids is 1. The molecule has 108 valence electrons. The van der Waals surface area contributed by atoms with Crippen LogP contribution in [0, 0.1) is 5.92 Å². The van der Waals surface area contributed by atoms with E-state index in [0.717, 1.165) is 58.0 Å². The first kappa shape index (κ1) is 13.9. The lowest BCUT2D eigenvalue weighted by Gasteiger charge is -2.44. The van der Waals surface area contributed by atoms with Crippen LogP contribution in [0.3, 0.4) is 0 Å². The third-order valence-corrected chi connectivity index (χ3v) is 6.24. The van der Waals surface area contributed by atoms with Crippen molar-refractivity contribution in [2.45, 2.75) is 62.5 Å². The van der Waals surface area contributed by atoms with E-state index in [9.17, 15) is 4.79 Å². The van der Waals surface area contributed by atoms with E-state index in [2.05, 4.69) is 0 Å². The number of rotatable bonds is 2. The van der Waals surface area contributed by atoms with Gasteiger partial charge in [-0.1, -0.05) is 12.8 Å². The number of hydrogen-bond donors (Lipinski definition) is 1. The van der Waals surface area contributed by atoms with Gasteiger partial charge in [0.05, 0.1) is 11.1 Å². The Bertz CT molecular complexity index is 341. The summed E-state index contributed by atoms with van der Waals surface area (Å²) in [4.78, 5) is 12.8. The second-order valence-electron chi connectivity index (χ2n) is 6.56. The van der Waals surface area contributed by atoms with Crippen LogP contribution < -0.4 is 5.73 Å². The highest BCUT2D eigenvalue weighted by Gasteiger charge is 2.46. The van der Waals surface area contributed by atoms with Crippen LogP contribution in [0.2, 0.25) is 0 Å². The molecule has 1 aliphatic carbocycles. The van der Waals surface area contributed by atoms with E-state index in [-0.39, 0.29) is 11.5 Å². The minimum Gasteiger partial charge on any atom is -0.375 e. The van der Waals surface area contributed by atoms with Gasteiger partial charge in [0, 0.05) is 12.5 Å². The molecule has 0 aromatic carbocycles. The molecular weight excluding hydrogens is 258 g/mol. The molecule has 1 spiro atoms. The molecular formula is C15H25NO2S. The fourth-order valence-corrected chi connectivity index (χ4v) is 5.24. The van der Waals surface area contributed by atoms with Crippen LogP contribution >= 0.6 is 11.8 Å². The van der Waals surface area contributed by atoms with E-state index in [0.29, 0.717) is 5.78 Å².